The van der Waals surface area contributed by atoms with E-state index in [4.69, 9.17) is 0 Å². The van der Waals surface area contributed by atoms with Crippen molar-refractivity contribution >= 4 is 10.8 Å². The molecule has 0 atom stereocenters. The summed E-state index contributed by atoms with van der Waals surface area (Å²) in [6.45, 7) is 6.78. The second kappa shape index (κ2) is 3.56. The van der Waals surface area contributed by atoms with E-state index in [0.29, 0.717) is 0 Å². The van der Waals surface area contributed by atoms with Crippen molar-refractivity contribution in [2.75, 3.05) is 0 Å². The van der Waals surface area contributed by atoms with Crippen LogP contribution in [0.15, 0.2) is 30.5 Å². The first kappa shape index (κ1) is 10.8. The molecule has 1 aliphatic carbocycles. The average Bonchev–Trinajstić information content (AvgIpc) is 3.10. The van der Waals surface area contributed by atoms with Crippen LogP contribution in [0.4, 0.5) is 0 Å². The standard InChI is InChI=1S/C16H19N/c1-16(2,3)13-6-7-14-12(10-13)8-9-17-15(14)11-4-5-11/h6-11H,4-5H2,1-3H3. The first-order valence-electron chi connectivity index (χ1n) is 6.45. The summed E-state index contributed by atoms with van der Waals surface area (Å²) in [5, 5.41) is 2.69. The summed E-state index contributed by atoms with van der Waals surface area (Å²) in [6.07, 6.45) is 4.59. The van der Waals surface area contributed by atoms with E-state index < -0.39 is 0 Å². The monoisotopic (exact) mass is 225 g/mol. The molecule has 0 bridgehead atoms. The minimum absolute atomic E-state index is 0.219. The van der Waals surface area contributed by atoms with Crippen molar-refractivity contribution in [2.24, 2.45) is 0 Å². The van der Waals surface area contributed by atoms with Gasteiger partial charge in [-0.15, -0.1) is 0 Å². The molecule has 1 heteroatoms. The molecule has 2 aromatic rings. The Kier molecular flexibility index (Phi) is 2.25. The van der Waals surface area contributed by atoms with Crippen LogP contribution in [-0.4, -0.2) is 4.98 Å². The third kappa shape index (κ3) is 1.95. The number of hydrogen-bond acceptors (Lipinski definition) is 1. The fourth-order valence-corrected chi connectivity index (χ4v) is 2.35. The number of hydrogen-bond donors (Lipinski definition) is 0. The van der Waals surface area contributed by atoms with Gasteiger partial charge < -0.3 is 0 Å². The molecule has 3 rings (SSSR count). The first-order chi connectivity index (χ1) is 8.05. The van der Waals surface area contributed by atoms with Crippen molar-refractivity contribution in [3.8, 4) is 0 Å². The lowest BCUT2D eigenvalue weighted by Crippen LogP contribution is -2.10. The maximum Gasteiger partial charge on any atom is 0.0512 e. The molecule has 1 nitrogen and oxygen atoms in total. The number of fused-ring (bicyclic) bond motifs is 1. The van der Waals surface area contributed by atoms with Gasteiger partial charge in [0, 0.05) is 17.5 Å². The van der Waals surface area contributed by atoms with Gasteiger partial charge >= 0.3 is 0 Å². The van der Waals surface area contributed by atoms with Crippen molar-refractivity contribution in [3.05, 3.63) is 41.7 Å². The molecule has 1 fully saturated rings. The molecule has 1 saturated carbocycles. The van der Waals surface area contributed by atoms with Gasteiger partial charge in [0.2, 0.25) is 0 Å². The lowest BCUT2D eigenvalue weighted by Gasteiger charge is -2.19. The normalized spacial score (nSPS) is 16.4. The predicted octanol–water partition coefficient (Wildman–Crippen LogP) is 4.41. The molecule has 17 heavy (non-hydrogen) atoms. The van der Waals surface area contributed by atoms with Crippen molar-refractivity contribution < 1.29 is 0 Å². The van der Waals surface area contributed by atoms with Crippen molar-refractivity contribution in [1.29, 1.82) is 0 Å². The molecule has 1 aromatic carbocycles. The fourth-order valence-electron chi connectivity index (χ4n) is 2.35. The zero-order chi connectivity index (χ0) is 12.0. The van der Waals surface area contributed by atoms with Crippen molar-refractivity contribution in [3.63, 3.8) is 0 Å². The summed E-state index contributed by atoms with van der Waals surface area (Å²) in [5.41, 5.74) is 2.93. The lowest BCUT2D eigenvalue weighted by molar-refractivity contribution is 0.591. The van der Waals surface area contributed by atoms with E-state index in [0.717, 1.165) is 5.92 Å². The highest BCUT2D eigenvalue weighted by atomic mass is 14.7. The van der Waals surface area contributed by atoms with Crippen LogP contribution in [-0.2, 0) is 5.41 Å². The van der Waals surface area contributed by atoms with Crippen LogP contribution < -0.4 is 0 Å². The quantitative estimate of drug-likeness (QED) is 0.700. The molecular formula is C16H19N. The van der Waals surface area contributed by atoms with Crippen LogP contribution in [0, 0.1) is 0 Å². The predicted molar refractivity (Wildman–Crippen MR) is 72.4 cm³/mol. The summed E-state index contributed by atoms with van der Waals surface area (Å²) in [4.78, 5) is 4.56. The van der Waals surface area contributed by atoms with E-state index >= 15 is 0 Å². The zero-order valence-corrected chi connectivity index (χ0v) is 10.8. The van der Waals surface area contributed by atoms with E-state index in [2.05, 4.69) is 50.0 Å². The number of benzene rings is 1. The second-order valence-electron chi connectivity index (χ2n) is 6.16. The highest BCUT2D eigenvalue weighted by Crippen LogP contribution is 2.42. The van der Waals surface area contributed by atoms with Crippen molar-refractivity contribution in [2.45, 2.75) is 44.9 Å². The van der Waals surface area contributed by atoms with Crippen LogP contribution >= 0.6 is 0 Å². The zero-order valence-electron chi connectivity index (χ0n) is 10.8. The molecule has 0 aliphatic heterocycles. The SMILES string of the molecule is CC(C)(C)c1ccc2c(C3CC3)nccc2c1. The molecule has 1 aliphatic rings. The summed E-state index contributed by atoms with van der Waals surface area (Å²) in [7, 11) is 0. The molecule has 88 valence electrons. The molecule has 0 unspecified atom stereocenters. The first-order valence-corrected chi connectivity index (χ1v) is 6.45. The van der Waals surface area contributed by atoms with Gasteiger partial charge in [0.25, 0.3) is 0 Å². The van der Waals surface area contributed by atoms with E-state index in [1.54, 1.807) is 0 Å². The number of nitrogens with zero attached hydrogens (tertiary/aromatic N) is 1. The number of rotatable bonds is 1. The second-order valence-corrected chi connectivity index (χ2v) is 6.16. The molecular weight excluding hydrogens is 206 g/mol. The minimum Gasteiger partial charge on any atom is -0.260 e. The Balaban J connectivity index is 2.18. The van der Waals surface area contributed by atoms with Crippen LogP contribution in [0.1, 0.15) is 50.8 Å². The van der Waals surface area contributed by atoms with Crippen LogP contribution in [0.2, 0.25) is 0 Å². The van der Waals surface area contributed by atoms with Gasteiger partial charge in [-0.1, -0.05) is 39.0 Å². The van der Waals surface area contributed by atoms with Gasteiger partial charge in [0.1, 0.15) is 0 Å². The topological polar surface area (TPSA) is 12.9 Å². The molecule has 0 radical (unpaired) electrons. The summed E-state index contributed by atoms with van der Waals surface area (Å²) >= 11 is 0. The number of pyridine rings is 1. The van der Waals surface area contributed by atoms with E-state index in [9.17, 15) is 0 Å². The largest absolute Gasteiger partial charge is 0.260 e. The van der Waals surface area contributed by atoms with E-state index in [1.165, 1.54) is 34.9 Å². The maximum atomic E-state index is 4.56. The Labute approximate surface area is 103 Å². The minimum atomic E-state index is 0.219. The molecule has 1 heterocycles. The highest BCUT2D eigenvalue weighted by Gasteiger charge is 2.26. The Morgan fingerprint density at radius 1 is 1.12 bits per heavy atom. The van der Waals surface area contributed by atoms with Gasteiger partial charge in [-0.3, -0.25) is 4.98 Å². The molecule has 0 amide bonds. The van der Waals surface area contributed by atoms with Gasteiger partial charge in [0.05, 0.1) is 5.69 Å². The average molecular weight is 225 g/mol. The molecule has 0 spiro atoms. The third-order valence-electron chi connectivity index (χ3n) is 3.63. The van der Waals surface area contributed by atoms with E-state index in [1.807, 2.05) is 6.20 Å². The molecule has 1 aromatic heterocycles. The Morgan fingerprint density at radius 2 is 1.88 bits per heavy atom. The van der Waals surface area contributed by atoms with Gasteiger partial charge in [-0.25, -0.2) is 0 Å². The van der Waals surface area contributed by atoms with Gasteiger partial charge in [0.15, 0.2) is 0 Å². The van der Waals surface area contributed by atoms with Gasteiger partial charge in [-0.05, 0) is 35.3 Å². The summed E-state index contributed by atoms with van der Waals surface area (Å²) in [6, 6.07) is 8.98. The van der Waals surface area contributed by atoms with Crippen LogP contribution in [0.25, 0.3) is 10.8 Å². The summed E-state index contributed by atoms with van der Waals surface area (Å²) in [5.74, 6) is 0.721. The molecule has 0 saturated heterocycles. The Hall–Kier alpha value is -1.37. The third-order valence-corrected chi connectivity index (χ3v) is 3.63. The van der Waals surface area contributed by atoms with Gasteiger partial charge in [-0.2, -0.15) is 0 Å². The maximum absolute atomic E-state index is 4.56. The Bertz CT molecular complexity index is 559. The lowest BCUT2D eigenvalue weighted by atomic mass is 9.86. The Morgan fingerprint density at radius 3 is 2.53 bits per heavy atom. The smallest absolute Gasteiger partial charge is 0.0512 e. The van der Waals surface area contributed by atoms with E-state index in [-0.39, 0.29) is 5.41 Å². The fraction of sp³-hybridized carbons (Fsp3) is 0.438. The summed E-state index contributed by atoms with van der Waals surface area (Å²) < 4.78 is 0. The highest BCUT2D eigenvalue weighted by molar-refractivity contribution is 5.86. The van der Waals surface area contributed by atoms with Crippen LogP contribution in [0.5, 0.6) is 0 Å². The molecule has 0 N–H and O–H groups in total. The number of aromatic nitrogens is 1. The van der Waals surface area contributed by atoms with Crippen molar-refractivity contribution in [1.82, 2.24) is 4.98 Å². The van der Waals surface area contributed by atoms with Crippen LogP contribution in [0.3, 0.4) is 0 Å².